The fourth-order valence-electron chi connectivity index (χ4n) is 2.09. The fourth-order valence-corrected chi connectivity index (χ4v) is 2.09. The average Bonchev–Trinajstić information content (AvgIpc) is 2.85. The molecule has 1 saturated heterocycles. The maximum Gasteiger partial charge on any atom is 0.330 e. The van der Waals surface area contributed by atoms with E-state index in [1.165, 1.54) is 6.20 Å². The number of nitrogens with one attached hydrogen (secondary N) is 1. The lowest BCUT2D eigenvalue weighted by molar-refractivity contribution is -0.149. The molecule has 0 bridgehead atoms. The lowest BCUT2D eigenvalue weighted by atomic mass is 10.1. The minimum absolute atomic E-state index is 0.187. The number of carbonyl (C=O) groups excluding carboxylic acids is 2. The Morgan fingerprint density at radius 1 is 1.58 bits per heavy atom. The Bertz CT molecular complexity index is 471. The minimum atomic E-state index is -0.568. The molecule has 104 valence electrons. The normalized spacial score (nSPS) is 19.3. The summed E-state index contributed by atoms with van der Waals surface area (Å²) in [5, 5.41) is 7.08. The highest BCUT2D eigenvalue weighted by atomic mass is 16.5. The van der Waals surface area contributed by atoms with Gasteiger partial charge in [0.2, 0.25) is 0 Å². The molecule has 1 atom stereocenters. The van der Waals surface area contributed by atoms with Gasteiger partial charge < -0.3 is 15.0 Å². The Hall–Kier alpha value is -1.89. The summed E-state index contributed by atoms with van der Waals surface area (Å²) < 4.78 is 6.57. The van der Waals surface area contributed by atoms with Gasteiger partial charge in [-0.05, 0) is 6.92 Å². The van der Waals surface area contributed by atoms with Crippen LogP contribution >= 0.6 is 0 Å². The van der Waals surface area contributed by atoms with Gasteiger partial charge in [-0.25, -0.2) is 4.79 Å². The van der Waals surface area contributed by atoms with Crippen LogP contribution in [0.3, 0.4) is 0 Å². The Labute approximate surface area is 111 Å². The smallest absolute Gasteiger partial charge is 0.330 e. The Balaban J connectivity index is 2.15. The highest BCUT2D eigenvalue weighted by molar-refractivity contribution is 5.96. The van der Waals surface area contributed by atoms with E-state index in [1.54, 1.807) is 29.7 Å². The van der Waals surface area contributed by atoms with Gasteiger partial charge in [-0.3, -0.25) is 9.48 Å². The highest BCUT2D eigenvalue weighted by Gasteiger charge is 2.33. The molecule has 1 aromatic heterocycles. The van der Waals surface area contributed by atoms with Crippen LogP contribution in [-0.4, -0.2) is 58.8 Å². The number of carbonyl (C=O) groups is 2. The molecule has 0 spiro atoms. The van der Waals surface area contributed by atoms with Crippen LogP contribution in [-0.2, 0) is 16.6 Å². The van der Waals surface area contributed by atoms with Crippen LogP contribution in [0.2, 0.25) is 0 Å². The van der Waals surface area contributed by atoms with E-state index in [0.717, 1.165) is 0 Å². The van der Waals surface area contributed by atoms with Gasteiger partial charge in [0.25, 0.3) is 5.91 Å². The second-order valence-electron chi connectivity index (χ2n) is 4.37. The molecular formula is C12H18N4O3. The Kier molecular flexibility index (Phi) is 4.16. The molecule has 1 unspecified atom stereocenters. The quantitative estimate of drug-likeness (QED) is 0.739. The summed E-state index contributed by atoms with van der Waals surface area (Å²) in [5.74, 6) is -0.556. The fraction of sp³-hybridized carbons (Fsp3) is 0.583. The second kappa shape index (κ2) is 5.83. The summed E-state index contributed by atoms with van der Waals surface area (Å²) in [4.78, 5) is 25.8. The molecule has 2 heterocycles. The maximum absolute atomic E-state index is 12.4. The zero-order valence-electron chi connectivity index (χ0n) is 11.1. The van der Waals surface area contributed by atoms with Crippen LogP contribution in [0.4, 0.5) is 0 Å². The molecule has 0 aromatic carbocycles. The monoisotopic (exact) mass is 266 g/mol. The maximum atomic E-state index is 12.4. The van der Waals surface area contributed by atoms with Crippen molar-refractivity contribution in [3.8, 4) is 0 Å². The molecular weight excluding hydrogens is 248 g/mol. The van der Waals surface area contributed by atoms with Crippen molar-refractivity contribution in [2.45, 2.75) is 13.0 Å². The Morgan fingerprint density at radius 2 is 2.37 bits per heavy atom. The van der Waals surface area contributed by atoms with Gasteiger partial charge in [-0.15, -0.1) is 0 Å². The number of piperazine rings is 1. The first-order valence-electron chi connectivity index (χ1n) is 6.30. The summed E-state index contributed by atoms with van der Waals surface area (Å²) in [6.45, 7) is 3.63. The van der Waals surface area contributed by atoms with Crippen molar-refractivity contribution in [3.05, 3.63) is 18.0 Å². The average molecular weight is 266 g/mol. The largest absolute Gasteiger partial charge is 0.464 e. The third-order valence-corrected chi connectivity index (χ3v) is 3.01. The van der Waals surface area contributed by atoms with E-state index in [0.29, 0.717) is 31.8 Å². The first kappa shape index (κ1) is 13.5. The number of hydrogen-bond donors (Lipinski definition) is 1. The molecule has 7 heteroatoms. The van der Waals surface area contributed by atoms with E-state index in [1.807, 2.05) is 0 Å². The number of aromatic nitrogens is 2. The van der Waals surface area contributed by atoms with Gasteiger partial charge in [-0.2, -0.15) is 5.10 Å². The molecule has 0 saturated carbocycles. The van der Waals surface area contributed by atoms with Crippen molar-refractivity contribution >= 4 is 11.9 Å². The SMILES string of the molecule is CCOC(=O)C1CNCCN1C(=O)c1cnn(C)c1. The summed E-state index contributed by atoms with van der Waals surface area (Å²) in [6.07, 6.45) is 3.15. The summed E-state index contributed by atoms with van der Waals surface area (Å²) in [6, 6.07) is -0.568. The molecule has 0 aliphatic carbocycles. The predicted octanol–water partition coefficient (Wildman–Crippen LogP) is -0.603. The number of nitrogens with zero attached hydrogens (tertiary/aromatic N) is 3. The lowest BCUT2D eigenvalue weighted by Crippen LogP contribution is -2.57. The van der Waals surface area contributed by atoms with Gasteiger partial charge in [0.05, 0.1) is 18.4 Å². The van der Waals surface area contributed by atoms with Gasteiger partial charge in [0.1, 0.15) is 6.04 Å². The van der Waals surface area contributed by atoms with E-state index in [2.05, 4.69) is 10.4 Å². The molecule has 1 aliphatic heterocycles. The number of esters is 1. The van der Waals surface area contributed by atoms with E-state index in [9.17, 15) is 9.59 Å². The topological polar surface area (TPSA) is 76.5 Å². The second-order valence-corrected chi connectivity index (χ2v) is 4.37. The number of rotatable bonds is 3. The number of hydrogen-bond acceptors (Lipinski definition) is 5. The number of ether oxygens (including phenoxy) is 1. The third-order valence-electron chi connectivity index (χ3n) is 3.01. The first-order chi connectivity index (χ1) is 9.13. The summed E-state index contributed by atoms with van der Waals surface area (Å²) in [5.41, 5.74) is 0.485. The number of aryl methyl sites for hydroxylation is 1. The lowest BCUT2D eigenvalue weighted by Gasteiger charge is -2.34. The minimum Gasteiger partial charge on any atom is -0.464 e. The molecule has 1 fully saturated rings. The predicted molar refractivity (Wildman–Crippen MR) is 67.5 cm³/mol. The van der Waals surface area contributed by atoms with Crippen molar-refractivity contribution in [3.63, 3.8) is 0 Å². The van der Waals surface area contributed by atoms with Gasteiger partial charge >= 0.3 is 5.97 Å². The third kappa shape index (κ3) is 2.93. The van der Waals surface area contributed by atoms with Crippen molar-refractivity contribution < 1.29 is 14.3 Å². The summed E-state index contributed by atoms with van der Waals surface area (Å²) in [7, 11) is 1.75. The van der Waals surface area contributed by atoms with Crippen LogP contribution in [0.5, 0.6) is 0 Å². The van der Waals surface area contributed by atoms with Crippen LogP contribution < -0.4 is 5.32 Å². The van der Waals surface area contributed by atoms with E-state index < -0.39 is 6.04 Å². The molecule has 0 radical (unpaired) electrons. The van der Waals surface area contributed by atoms with Gasteiger partial charge in [-0.1, -0.05) is 0 Å². The molecule has 2 rings (SSSR count). The Morgan fingerprint density at radius 3 is 3.00 bits per heavy atom. The first-order valence-corrected chi connectivity index (χ1v) is 6.30. The zero-order chi connectivity index (χ0) is 13.8. The molecule has 19 heavy (non-hydrogen) atoms. The van der Waals surface area contributed by atoms with Gasteiger partial charge in [0.15, 0.2) is 0 Å². The summed E-state index contributed by atoms with van der Waals surface area (Å²) >= 11 is 0. The van der Waals surface area contributed by atoms with Gasteiger partial charge in [0, 0.05) is 32.9 Å². The van der Waals surface area contributed by atoms with Crippen LogP contribution in [0.15, 0.2) is 12.4 Å². The van der Waals surface area contributed by atoms with E-state index in [4.69, 9.17) is 4.74 Å². The van der Waals surface area contributed by atoms with E-state index >= 15 is 0 Å². The van der Waals surface area contributed by atoms with Crippen molar-refractivity contribution in [2.75, 3.05) is 26.2 Å². The molecule has 1 aliphatic rings. The van der Waals surface area contributed by atoms with Crippen LogP contribution in [0.1, 0.15) is 17.3 Å². The van der Waals surface area contributed by atoms with Crippen LogP contribution in [0.25, 0.3) is 0 Å². The molecule has 1 N–H and O–H groups in total. The standard InChI is InChI=1S/C12H18N4O3/c1-3-19-12(18)10-7-13-4-5-16(10)11(17)9-6-14-15(2)8-9/h6,8,10,13H,3-5,7H2,1-2H3. The number of amides is 1. The van der Waals surface area contributed by atoms with Crippen LogP contribution in [0, 0.1) is 0 Å². The molecule has 7 nitrogen and oxygen atoms in total. The highest BCUT2D eigenvalue weighted by Crippen LogP contribution is 2.11. The van der Waals surface area contributed by atoms with E-state index in [-0.39, 0.29) is 11.9 Å². The van der Waals surface area contributed by atoms with Crippen molar-refractivity contribution in [1.29, 1.82) is 0 Å². The van der Waals surface area contributed by atoms with Crippen molar-refractivity contribution in [2.24, 2.45) is 7.05 Å². The molecule has 1 amide bonds. The van der Waals surface area contributed by atoms with Crippen molar-refractivity contribution in [1.82, 2.24) is 20.0 Å². The molecule has 1 aromatic rings. The zero-order valence-corrected chi connectivity index (χ0v) is 11.1.